The van der Waals surface area contributed by atoms with Gasteiger partial charge in [0.15, 0.2) is 5.82 Å². The molecule has 0 saturated heterocycles. The second-order valence-corrected chi connectivity index (χ2v) is 5.81. The van der Waals surface area contributed by atoms with Crippen LogP contribution in [0, 0.1) is 0 Å². The quantitative estimate of drug-likeness (QED) is 0.584. The van der Waals surface area contributed by atoms with Crippen molar-refractivity contribution < 1.29 is 27.8 Å². The number of para-hydroxylation sites is 1. The van der Waals surface area contributed by atoms with Crippen LogP contribution in [0.4, 0.5) is 8.78 Å². The SMILES string of the molecule is O=C(CNC(=O)c1ccc(Oc2ccccc2)cc1)OCc1nccn1C(F)F. The first kappa shape index (κ1) is 20.0. The molecule has 0 radical (unpaired) electrons. The maximum Gasteiger partial charge on any atom is 0.325 e. The molecule has 0 atom stereocenters. The molecule has 0 aliphatic heterocycles. The number of benzene rings is 2. The summed E-state index contributed by atoms with van der Waals surface area (Å²) in [6.07, 6.45) is 2.27. The number of imidazole rings is 1. The lowest BCUT2D eigenvalue weighted by Crippen LogP contribution is -2.30. The van der Waals surface area contributed by atoms with E-state index in [2.05, 4.69) is 10.3 Å². The van der Waals surface area contributed by atoms with E-state index in [0.29, 0.717) is 21.6 Å². The predicted octanol–water partition coefficient (Wildman–Crippen LogP) is 3.54. The van der Waals surface area contributed by atoms with E-state index in [-0.39, 0.29) is 5.82 Å². The number of aromatic nitrogens is 2. The minimum absolute atomic E-state index is 0.0892. The fourth-order valence-corrected chi connectivity index (χ4v) is 2.38. The third kappa shape index (κ3) is 5.61. The van der Waals surface area contributed by atoms with Gasteiger partial charge in [0.05, 0.1) is 0 Å². The molecular formula is C20H17F2N3O4. The van der Waals surface area contributed by atoms with Crippen LogP contribution in [-0.4, -0.2) is 28.0 Å². The average Bonchev–Trinajstić information content (AvgIpc) is 3.21. The van der Waals surface area contributed by atoms with Crippen LogP contribution < -0.4 is 10.1 Å². The lowest BCUT2D eigenvalue weighted by atomic mass is 10.2. The van der Waals surface area contributed by atoms with Gasteiger partial charge in [-0.2, -0.15) is 8.78 Å². The topological polar surface area (TPSA) is 82.5 Å². The molecule has 29 heavy (non-hydrogen) atoms. The smallest absolute Gasteiger partial charge is 0.325 e. The number of halogens is 2. The molecule has 0 aliphatic carbocycles. The lowest BCUT2D eigenvalue weighted by molar-refractivity contribution is -0.144. The molecule has 7 nitrogen and oxygen atoms in total. The number of carbonyl (C=O) groups is 2. The fraction of sp³-hybridized carbons (Fsp3) is 0.150. The first-order valence-corrected chi connectivity index (χ1v) is 8.59. The molecule has 1 amide bonds. The third-order valence-corrected chi connectivity index (χ3v) is 3.81. The van der Waals surface area contributed by atoms with E-state index < -0.39 is 31.6 Å². The zero-order valence-corrected chi connectivity index (χ0v) is 15.1. The highest BCUT2D eigenvalue weighted by Gasteiger charge is 2.14. The lowest BCUT2D eigenvalue weighted by Gasteiger charge is -2.09. The van der Waals surface area contributed by atoms with Crippen LogP contribution in [0.3, 0.4) is 0 Å². The molecule has 3 rings (SSSR count). The maximum absolute atomic E-state index is 12.7. The van der Waals surface area contributed by atoms with Gasteiger partial charge in [-0.15, -0.1) is 0 Å². The molecule has 0 unspecified atom stereocenters. The van der Waals surface area contributed by atoms with Crippen LogP contribution in [-0.2, 0) is 16.1 Å². The Bertz CT molecular complexity index is 959. The Hall–Kier alpha value is -3.75. The van der Waals surface area contributed by atoms with E-state index in [1.54, 1.807) is 36.4 Å². The van der Waals surface area contributed by atoms with Crippen molar-refractivity contribution in [1.29, 1.82) is 0 Å². The van der Waals surface area contributed by atoms with Crippen molar-refractivity contribution in [3.63, 3.8) is 0 Å². The highest BCUT2D eigenvalue weighted by Crippen LogP contribution is 2.21. The van der Waals surface area contributed by atoms with Crippen LogP contribution in [0.15, 0.2) is 67.0 Å². The summed E-state index contributed by atoms with van der Waals surface area (Å²) in [6.45, 7) is -3.60. The summed E-state index contributed by atoms with van der Waals surface area (Å²) in [5.74, 6) is -0.121. The molecule has 0 fully saturated rings. The molecule has 0 saturated carbocycles. The molecule has 2 aromatic carbocycles. The highest BCUT2D eigenvalue weighted by atomic mass is 19.3. The number of alkyl halides is 2. The van der Waals surface area contributed by atoms with Crippen molar-refractivity contribution in [2.75, 3.05) is 6.54 Å². The Labute approximate surface area is 164 Å². The summed E-state index contributed by atoms with van der Waals surface area (Å²) in [5.41, 5.74) is 0.325. The minimum atomic E-state index is -2.78. The highest BCUT2D eigenvalue weighted by molar-refractivity contribution is 5.96. The molecule has 1 aromatic heterocycles. The van der Waals surface area contributed by atoms with Gasteiger partial charge in [0.2, 0.25) is 0 Å². The monoisotopic (exact) mass is 401 g/mol. The van der Waals surface area contributed by atoms with Crippen molar-refractivity contribution in [2.24, 2.45) is 0 Å². The Morgan fingerprint density at radius 1 is 1.03 bits per heavy atom. The van der Waals surface area contributed by atoms with Gasteiger partial charge in [-0.05, 0) is 36.4 Å². The fourth-order valence-electron chi connectivity index (χ4n) is 2.38. The van der Waals surface area contributed by atoms with E-state index in [4.69, 9.17) is 9.47 Å². The van der Waals surface area contributed by atoms with E-state index in [1.165, 1.54) is 6.20 Å². The van der Waals surface area contributed by atoms with E-state index in [0.717, 1.165) is 6.20 Å². The summed E-state index contributed by atoms with van der Waals surface area (Å²) in [7, 11) is 0. The van der Waals surface area contributed by atoms with Crippen molar-refractivity contribution >= 4 is 11.9 Å². The van der Waals surface area contributed by atoms with Gasteiger partial charge >= 0.3 is 12.5 Å². The molecular weight excluding hydrogens is 384 g/mol. The summed E-state index contributed by atoms with van der Waals surface area (Å²) in [6, 6.07) is 15.5. The van der Waals surface area contributed by atoms with Gasteiger partial charge in [0, 0.05) is 18.0 Å². The van der Waals surface area contributed by atoms with E-state index in [1.807, 2.05) is 18.2 Å². The number of carbonyl (C=O) groups excluding carboxylic acids is 2. The molecule has 1 N–H and O–H groups in total. The van der Waals surface area contributed by atoms with Crippen molar-refractivity contribution in [3.05, 3.63) is 78.4 Å². The number of ether oxygens (including phenoxy) is 2. The summed E-state index contributed by atoms with van der Waals surface area (Å²) in [4.78, 5) is 27.5. The van der Waals surface area contributed by atoms with Crippen LogP contribution >= 0.6 is 0 Å². The number of hydrogen-bond acceptors (Lipinski definition) is 5. The summed E-state index contributed by atoms with van der Waals surface area (Å²) < 4.78 is 36.5. The minimum Gasteiger partial charge on any atom is -0.457 e. The van der Waals surface area contributed by atoms with Crippen LogP contribution in [0.5, 0.6) is 11.5 Å². The zero-order chi connectivity index (χ0) is 20.6. The van der Waals surface area contributed by atoms with Crippen LogP contribution in [0.25, 0.3) is 0 Å². The zero-order valence-electron chi connectivity index (χ0n) is 15.1. The van der Waals surface area contributed by atoms with Gasteiger partial charge < -0.3 is 14.8 Å². The number of nitrogens with zero attached hydrogens (tertiary/aromatic N) is 2. The molecule has 0 aliphatic rings. The van der Waals surface area contributed by atoms with Gasteiger partial charge in [-0.1, -0.05) is 18.2 Å². The van der Waals surface area contributed by atoms with Gasteiger partial charge in [0.25, 0.3) is 5.91 Å². The molecule has 9 heteroatoms. The standard InChI is InChI=1S/C20H17F2N3O4/c21-20(22)25-11-10-23-17(25)13-28-18(26)12-24-19(27)14-6-8-16(9-7-14)29-15-4-2-1-3-5-15/h1-11,20H,12-13H2,(H,24,27). The second-order valence-electron chi connectivity index (χ2n) is 5.81. The third-order valence-electron chi connectivity index (χ3n) is 3.81. The first-order chi connectivity index (χ1) is 14.0. The van der Waals surface area contributed by atoms with Gasteiger partial charge in [-0.3, -0.25) is 14.2 Å². The number of amides is 1. The molecule has 0 spiro atoms. The Kier molecular flexibility index (Phi) is 6.51. The normalized spacial score (nSPS) is 10.6. The van der Waals surface area contributed by atoms with E-state index in [9.17, 15) is 18.4 Å². The van der Waals surface area contributed by atoms with E-state index >= 15 is 0 Å². The maximum atomic E-state index is 12.7. The number of rotatable bonds is 8. The number of esters is 1. The Balaban J connectivity index is 1.46. The van der Waals surface area contributed by atoms with Crippen LogP contribution in [0.2, 0.25) is 0 Å². The number of nitrogens with one attached hydrogen (secondary N) is 1. The molecule has 3 aromatic rings. The second kappa shape index (κ2) is 9.45. The van der Waals surface area contributed by atoms with Gasteiger partial charge in [0.1, 0.15) is 24.7 Å². The van der Waals surface area contributed by atoms with Crippen LogP contribution in [0.1, 0.15) is 22.7 Å². The van der Waals surface area contributed by atoms with Crippen molar-refractivity contribution in [3.8, 4) is 11.5 Å². The Morgan fingerprint density at radius 2 is 1.72 bits per heavy atom. The van der Waals surface area contributed by atoms with Gasteiger partial charge in [-0.25, -0.2) is 4.98 Å². The largest absolute Gasteiger partial charge is 0.457 e. The first-order valence-electron chi connectivity index (χ1n) is 8.59. The Morgan fingerprint density at radius 3 is 2.41 bits per heavy atom. The molecule has 1 heterocycles. The predicted molar refractivity (Wildman–Crippen MR) is 98.6 cm³/mol. The molecule has 150 valence electrons. The summed E-state index contributed by atoms with van der Waals surface area (Å²) >= 11 is 0. The summed E-state index contributed by atoms with van der Waals surface area (Å²) in [5, 5.41) is 2.41. The van der Waals surface area contributed by atoms with Crippen molar-refractivity contribution in [2.45, 2.75) is 13.2 Å². The average molecular weight is 401 g/mol. The number of hydrogen-bond donors (Lipinski definition) is 1. The van der Waals surface area contributed by atoms with Crippen molar-refractivity contribution in [1.82, 2.24) is 14.9 Å². The molecule has 0 bridgehead atoms.